The molecule has 18 heavy (non-hydrogen) atoms. The van der Waals surface area contributed by atoms with E-state index in [0.717, 1.165) is 0 Å². The van der Waals surface area contributed by atoms with Crippen LogP contribution in [0.4, 0.5) is 13.2 Å². The highest BCUT2D eigenvalue weighted by atomic mass is 35.5. The highest BCUT2D eigenvalue weighted by Gasteiger charge is 2.30. The molecular formula is C12H13Cl2F3O. The van der Waals surface area contributed by atoms with E-state index in [1.807, 2.05) is 0 Å². The summed E-state index contributed by atoms with van der Waals surface area (Å²) in [5.74, 6) is 0. The Labute approximate surface area is 114 Å². The highest BCUT2D eigenvalue weighted by Crippen LogP contribution is 2.33. The molecule has 0 spiro atoms. The van der Waals surface area contributed by atoms with E-state index < -0.39 is 18.2 Å². The zero-order chi connectivity index (χ0) is 14.0. The first-order valence-electron chi connectivity index (χ1n) is 5.36. The third kappa shape index (κ3) is 4.67. The summed E-state index contributed by atoms with van der Waals surface area (Å²) in [6, 6.07) is 4.54. The molecule has 0 bridgehead atoms. The van der Waals surface area contributed by atoms with Crippen LogP contribution in [0, 0.1) is 0 Å². The van der Waals surface area contributed by atoms with Gasteiger partial charge in [-0.3, -0.25) is 0 Å². The van der Waals surface area contributed by atoms with Crippen molar-refractivity contribution >= 4 is 23.2 Å². The Morgan fingerprint density at radius 2 is 1.72 bits per heavy atom. The molecule has 0 amide bonds. The van der Waals surface area contributed by atoms with Crippen molar-refractivity contribution in [2.24, 2.45) is 0 Å². The van der Waals surface area contributed by atoms with Crippen molar-refractivity contribution < 1.29 is 18.3 Å². The summed E-state index contributed by atoms with van der Waals surface area (Å²) in [7, 11) is 0. The Kier molecular flexibility index (Phi) is 4.92. The van der Waals surface area contributed by atoms with Crippen LogP contribution in [0.1, 0.15) is 31.7 Å². The van der Waals surface area contributed by atoms with E-state index in [0.29, 0.717) is 10.6 Å². The second-order valence-electron chi connectivity index (χ2n) is 4.37. The quantitative estimate of drug-likeness (QED) is 0.835. The third-order valence-electron chi connectivity index (χ3n) is 2.67. The number of hydrogen-bond acceptors (Lipinski definition) is 1. The van der Waals surface area contributed by atoms with Crippen molar-refractivity contribution in [2.75, 3.05) is 0 Å². The average molecular weight is 301 g/mol. The molecule has 0 aromatic heterocycles. The summed E-state index contributed by atoms with van der Waals surface area (Å²) in [5, 5.41) is 10.7. The van der Waals surface area contributed by atoms with Gasteiger partial charge in [-0.05, 0) is 37.5 Å². The SMILES string of the molecule is CC(O)(CCCC(F)(F)F)c1ccc(Cl)c(Cl)c1. The minimum Gasteiger partial charge on any atom is -0.385 e. The topological polar surface area (TPSA) is 20.2 Å². The lowest BCUT2D eigenvalue weighted by atomic mass is 9.90. The first-order valence-corrected chi connectivity index (χ1v) is 6.12. The second-order valence-corrected chi connectivity index (χ2v) is 5.19. The van der Waals surface area contributed by atoms with E-state index in [9.17, 15) is 18.3 Å². The minimum absolute atomic E-state index is 0.00444. The van der Waals surface area contributed by atoms with Gasteiger partial charge in [0.25, 0.3) is 0 Å². The minimum atomic E-state index is -4.20. The molecule has 0 saturated carbocycles. The highest BCUT2D eigenvalue weighted by molar-refractivity contribution is 6.42. The number of hydrogen-bond donors (Lipinski definition) is 1. The Balaban J connectivity index is 2.70. The molecule has 1 nitrogen and oxygen atoms in total. The molecule has 1 N–H and O–H groups in total. The molecule has 1 atom stereocenters. The van der Waals surface area contributed by atoms with Gasteiger partial charge in [0.05, 0.1) is 15.6 Å². The predicted molar refractivity (Wildman–Crippen MR) is 65.9 cm³/mol. The number of benzene rings is 1. The predicted octanol–water partition coefficient (Wildman–Crippen LogP) is 4.93. The number of alkyl halides is 3. The Morgan fingerprint density at radius 1 is 1.11 bits per heavy atom. The molecular weight excluding hydrogens is 288 g/mol. The fourth-order valence-corrected chi connectivity index (χ4v) is 1.91. The van der Waals surface area contributed by atoms with Crippen molar-refractivity contribution in [3.8, 4) is 0 Å². The van der Waals surface area contributed by atoms with Gasteiger partial charge in [0.15, 0.2) is 0 Å². The van der Waals surface area contributed by atoms with Crippen molar-refractivity contribution in [2.45, 2.75) is 38.0 Å². The maximum Gasteiger partial charge on any atom is 0.389 e. The van der Waals surface area contributed by atoms with E-state index in [1.54, 1.807) is 6.07 Å². The van der Waals surface area contributed by atoms with Crippen molar-refractivity contribution in [1.29, 1.82) is 0 Å². The molecule has 0 radical (unpaired) electrons. The normalized spacial score (nSPS) is 15.5. The van der Waals surface area contributed by atoms with Crippen molar-refractivity contribution in [3.63, 3.8) is 0 Å². The van der Waals surface area contributed by atoms with Gasteiger partial charge in [0.2, 0.25) is 0 Å². The first-order chi connectivity index (χ1) is 8.12. The third-order valence-corrected chi connectivity index (χ3v) is 3.40. The van der Waals surface area contributed by atoms with Gasteiger partial charge in [-0.15, -0.1) is 0 Å². The van der Waals surface area contributed by atoms with Crippen molar-refractivity contribution in [1.82, 2.24) is 0 Å². The van der Waals surface area contributed by atoms with Gasteiger partial charge in [-0.2, -0.15) is 13.2 Å². The van der Waals surface area contributed by atoms with E-state index in [1.165, 1.54) is 19.1 Å². The fourth-order valence-electron chi connectivity index (χ4n) is 1.61. The smallest absolute Gasteiger partial charge is 0.385 e. The summed E-state index contributed by atoms with van der Waals surface area (Å²) in [6.45, 7) is 1.46. The second kappa shape index (κ2) is 5.68. The van der Waals surface area contributed by atoms with Crippen LogP contribution >= 0.6 is 23.2 Å². The summed E-state index contributed by atoms with van der Waals surface area (Å²) in [5.41, 5.74) is -0.890. The van der Waals surface area contributed by atoms with Gasteiger partial charge in [0, 0.05) is 6.42 Å². The maximum absolute atomic E-state index is 12.0. The molecule has 102 valence electrons. The van der Waals surface area contributed by atoms with Crippen LogP contribution in [-0.4, -0.2) is 11.3 Å². The van der Waals surface area contributed by atoms with Gasteiger partial charge in [0.1, 0.15) is 0 Å². The van der Waals surface area contributed by atoms with Crippen LogP contribution in [0.25, 0.3) is 0 Å². The van der Waals surface area contributed by atoms with Gasteiger partial charge in [-0.25, -0.2) is 0 Å². The molecule has 0 aliphatic carbocycles. The number of aliphatic hydroxyl groups is 1. The van der Waals surface area contributed by atoms with E-state index in [2.05, 4.69) is 0 Å². The lowest BCUT2D eigenvalue weighted by Gasteiger charge is -2.24. The van der Waals surface area contributed by atoms with E-state index in [4.69, 9.17) is 23.2 Å². The molecule has 0 aliphatic rings. The summed E-state index contributed by atoms with van der Waals surface area (Å²) >= 11 is 11.5. The zero-order valence-corrected chi connectivity index (χ0v) is 11.2. The van der Waals surface area contributed by atoms with Gasteiger partial charge < -0.3 is 5.11 Å². The summed E-state index contributed by atoms with van der Waals surface area (Å²) in [6.07, 6.45) is -5.25. The first kappa shape index (κ1) is 15.6. The van der Waals surface area contributed by atoms with E-state index in [-0.39, 0.29) is 17.9 Å². The molecule has 0 saturated heterocycles. The molecule has 1 aromatic rings. The van der Waals surface area contributed by atoms with Crippen LogP contribution in [0.2, 0.25) is 10.0 Å². The molecule has 0 heterocycles. The molecule has 6 heteroatoms. The van der Waals surface area contributed by atoms with Crippen molar-refractivity contribution in [3.05, 3.63) is 33.8 Å². The Bertz CT molecular complexity index is 416. The van der Waals surface area contributed by atoms with Crippen LogP contribution in [0.3, 0.4) is 0 Å². The van der Waals surface area contributed by atoms with Crippen LogP contribution in [-0.2, 0) is 5.60 Å². The maximum atomic E-state index is 12.0. The van der Waals surface area contributed by atoms with Crippen LogP contribution in [0.15, 0.2) is 18.2 Å². The Morgan fingerprint density at radius 3 is 2.22 bits per heavy atom. The van der Waals surface area contributed by atoms with E-state index >= 15 is 0 Å². The summed E-state index contributed by atoms with van der Waals surface area (Å²) < 4.78 is 36.1. The lowest BCUT2D eigenvalue weighted by molar-refractivity contribution is -0.137. The molecule has 1 aromatic carbocycles. The molecule has 0 fully saturated rings. The zero-order valence-electron chi connectivity index (χ0n) is 9.69. The number of halogens is 5. The lowest BCUT2D eigenvalue weighted by Crippen LogP contribution is -2.22. The number of rotatable bonds is 4. The molecule has 0 aliphatic heterocycles. The van der Waals surface area contributed by atoms with Gasteiger partial charge >= 0.3 is 6.18 Å². The van der Waals surface area contributed by atoms with Gasteiger partial charge in [-0.1, -0.05) is 29.3 Å². The van der Waals surface area contributed by atoms with Crippen LogP contribution < -0.4 is 0 Å². The standard InChI is InChI=1S/C12H13Cl2F3O/c1-11(18,5-2-6-12(15,16)17)8-3-4-9(13)10(14)7-8/h3-4,7,18H,2,5-6H2,1H3. The monoisotopic (exact) mass is 300 g/mol. The summed E-state index contributed by atoms with van der Waals surface area (Å²) in [4.78, 5) is 0. The largest absolute Gasteiger partial charge is 0.389 e. The molecule has 1 unspecified atom stereocenters. The molecule has 1 rings (SSSR count). The Hall–Kier alpha value is -0.450. The van der Waals surface area contributed by atoms with Crippen LogP contribution in [0.5, 0.6) is 0 Å². The fraction of sp³-hybridized carbons (Fsp3) is 0.500. The average Bonchev–Trinajstić information content (AvgIpc) is 2.19.